The molecule has 1 unspecified atom stereocenters. The maximum atomic E-state index is 12.0. The van der Waals surface area contributed by atoms with Gasteiger partial charge in [0.2, 0.25) is 0 Å². The number of amides is 1. The van der Waals surface area contributed by atoms with E-state index >= 15 is 0 Å². The van der Waals surface area contributed by atoms with Crippen molar-refractivity contribution in [2.24, 2.45) is 5.10 Å². The number of nitrogens with zero attached hydrogens (tertiary/aromatic N) is 1. The van der Waals surface area contributed by atoms with Crippen LogP contribution in [0.5, 0.6) is 5.75 Å². The summed E-state index contributed by atoms with van der Waals surface area (Å²) in [6.07, 6.45) is 1.09. The van der Waals surface area contributed by atoms with Crippen molar-refractivity contribution in [2.75, 3.05) is 6.61 Å². The number of fused-ring (bicyclic) bond motifs is 1. The zero-order chi connectivity index (χ0) is 19.9. The average Bonchev–Trinajstić information content (AvgIpc) is 2.75. The summed E-state index contributed by atoms with van der Waals surface area (Å²) in [5.74, 6) is 0.911. The second-order valence-corrected chi connectivity index (χ2v) is 6.96. The Morgan fingerprint density at radius 1 is 1.04 bits per heavy atom. The molecule has 1 atom stereocenters. The Labute approximate surface area is 166 Å². The molecule has 3 aromatic rings. The molecule has 1 amide bonds. The minimum Gasteiger partial charge on any atom is -0.484 e. The summed E-state index contributed by atoms with van der Waals surface area (Å²) >= 11 is 0. The molecule has 0 saturated carbocycles. The zero-order valence-corrected chi connectivity index (χ0v) is 16.6. The van der Waals surface area contributed by atoms with Crippen molar-refractivity contribution in [2.45, 2.75) is 33.1 Å². The van der Waals surface area contributed by atoms with Crippen LogP contribution in [-0.2, 0) is 4.79 Å². The monoisotopic (exact) mass is 374 g/mol. The second kappa shape index (κ2) is 9.18. The van der Waals surface area contributed by atoms with Crippen molar-refractivity contribution in [3.63, 3.8) is 0 Å². The molecule has 0 aromatic heterocycles. The molecule has 4 heteroatoms. The van der Waals surface area contributed by atoms with Crippen molar-refractivity contribution in [1.82, 2.24) is 5.43 Å². The predicted molar refractivity (Wildman–Crippen MR) is 115 cm³/mol. The number of hydrogen-bond acceptors (Lipinski definition) is 3. The van der Waals surface area contributed by atoms with Crippen LogP contribution >= 0.6 is 0 Å². The van der Waals surface area contributed by atoms with Crippen LogP contribution in [0.3, 0.4) is 0 Å². The lowest BCUT2D eigenvalue weighted by Crippen LogP contribution is -2.25. The fourth-order valence-electron chi connectivity index (χ4n) is 2.93. The zero-order valence-electron chi connectivity index (χ0n) is 16.6. The number of ether oxygens (including phenoxy) is 1. The topological polar surface area (TPSA) is 50.7 Å². The summed E-state index contributed by atoms with van der Waals surface area (Å²) in [7, 11) is 0. The minimum atomic E-state index is -0.286. The Balaban J connectivity index is 1.55. The SMILES string of the molecule is CCC(C)c1ccc(OCC(=O)NN=C(C)c2ccc3ccccc3c2)cc1. The number of carbonyl (C=O) groups excluding carboxylic acids is 1. The summed E-state index contributed by atoms with van der Waals surface area (Å²) in [6.45, 7) is 6.16. The molecule has 0 radical (unpaired) electrons. The molecule has 3 aromatic carbocycles. The standard InChI is InChI=1S/C24H26N2O2/c1-4-17(2)19-11-13-23(14-12-19)28-16-24(27)26-25-18(3)21-10-9-20-7-5-6-8-22(20)15-21/h5-15,17H,4,16H2,1-3H3,(H,26,27). The second-order valence-electron chi connectivity index (χ2n) is 6.96. The minimum absolute atomic E-state index is 0.0722. The third-order valence-corrected chi connectivity index (χ3v) is 4.95. The van der Waals surface area contributed by atoms with E-state index in [2.05, 4.69) is 48.6 Å². The van der Waals surface area contributed by atoms with Gasteiger partial charge in [-0.15, -0.1) is 0 Å². The first-order valence-corrected chi connectivity index (χ1v) is 9.62. The van der Waals surface area contributed by atoms with Gasteiger partial charge in [-0.25, -0.2) is 5.43 Å². The number of hydrazone groups is 1. The first-order valence-electron chi connectivity index (χ1n) is 9.62. The van der Waals surface area contributed by atoms with Gasteiger partial charge in [-0.3, -0.25) is 4.79 Å². The maximum absolute atomic E-state index is 12.0. The lowest BCUT2D eigenvalue weighted by atomic mass is 9.99. The van der Waals surface area contributed by atoms with Gasteiger partial charge in [0.15, 0.2) is 6.61 Å². The van der Waals surface area contributed by atoms with Gasteiger partial charge in [-0.1, -0.05) is 62.4 Å². The van der Waals surface area contributed by atoms with Crippen LogP contribution in [-0.4, -0.2) is 18.2 Å². The molecule has 0 saturated heterocycles. The third kappa shape index (κ3) is 4.97. The van der Waals surface area contributed by atoms with Gasteiger partial charge in [0, 0.05) is 0 Å². The lowest BCUT2D eigenvalue weighted by Gasteiger charge is -2.10. The Morgan fingerprint density at radius 3 is 2.46 bits per heavy atom. The normalized spacial score (nSPS) is 12.6. The van der Waals surface area contributed by atoms with E-state index in [-0.39, 0.29) is 12.5 Å². The molecule has 1 N–H and O–H groups in total. The van der Waals surface area contributed by atoms with Crippen LogP contribution in [0.25, 0.3) is 10.8 Å². The molecule has 0 aliphatic carbocycles. The largest absolute Gasteiger partial charge is 0.484 e. The molecule has 3 rings (SSSR count). The summed E-state index contributed by atoms with van der Waals surface area (Å²) < 4.78 is 5.55. The number of rotatable bonds is 7. The van der Waals surface area contributed by atoms with E-state index in [0.29, 0.717) is 11.7 Å². The molecule has 0 bridgehead atoms. The van der Waals surface area contributed by atoms with E-state index in [1.165, 1.54) is 10.9 Å². The van der Waals surface area contributed by atoms with Gasteiger partial charge in [-0.2, -0.15) is 5.10 Å². The number of benzene rings is 3. The van der Waals surface area contributed by atoms with Gasteiger partial charge in [-0.05, 0) is 59.4 Å². The van der Waals surface area contributed by atoms with Gasteiger partial charge in [0.1, 0.15) is 5.75 Å². The summed E-state index contributed by atoms with van der Waals surface area (Å²) in [5.41, 5.74) is 5.56. The molecule has 4 nitrogen and oxygen atoms in total. The predicted octanol–water partition coefficient (Wildman–Crippen LogP) is 5.27. The van der Waals surface area contributed by atoms with Gasteiger partial charge >= 0.3 is 0 Å². The molecule has 0 fully saturated rings. The van der Waals surface area contributed by atoms with Crippen LogP contribution < -0.4 is 10.2 Å². The lowest BCUT2D eigenvalue weighted by molar-refractivity contribution is -0.123. The van der Waals surface area contributed by atoms with E-state index in [0.717, 1.165) is 23.1 Å². The average molecular weight is 374 g/mol. The van der Waals surface area contributed by atoms with E-state index in [1.54, 1.807) is 0 Å². The van der Waals surface area contributed by atoms with Crippen LogP contribution in [0.1, 0.15) is 44.2 Å². The van der Waals surface area contributed by atoms with Crippen molar-refractivity contribution >= 4 is 22.4 Å². The van der Waals surface area contributed by atoms with E-state index < -0.39 is 0 Å². The summed E-state index contributed by atoms with van der Waals surface area (Å²) in [6, 6.07) is 22.2. The fraction of sp³-hybridized carbons (Fsp3) is 0.250. The van der Waals surface area contributed by atoms with E-state index in [9.17, 15) is 4.79 Å². The molecule has 28 heavy (non-hydrogen) atoms. The summed E-state index contributed by atoms with van der Waals surface area (Å²) in [4.78, 5) is 12.0. The Morgan fingerprint density at radius 2 is 1.75 bits per heavy atom. The third-order valence-electron chi connectivity index (χ3n) is 4.95. The van der Waals surface area contributed by atoms with Crippen LogP contribution in [0.4, 0.5) is 0 Å². The fourth-order valence-corrected chi connectivity index (χ4v) is 2.93. The first kappa shape index (κ1) is 19.6. The van der Waals surface area contributed by atoms with Gasteiger partial charge < -0.3 is 4.74 Å². The van der Waals surface area contributed by atoms with Gasteiger partial charge in [0.25, 0.3) is 5.91 Å². The molecular formula is C24H26N2O2. The highest BCUT2D eigenvalue weighted by atomic mass is 16.5. The van der Waals surface area contributed by atoms with Crippen LogP contribution in [0, 0.1) is 0 Å². The molecular weight excluding hydrogens is 348 g/mol. The number of carbonyl (C=O) groups is 1. The Kier molecular flexibility index (Phi) is 6.43. The van der Waals surface area contributed by atoms with Crippen molar-refractivity contribution < 1.29 is 9.53 Å². The molecule has 0 aliphatic heterocycles. The highest BCUT2D eigenvalue weighted by Gasteiger charge is 2.06. The van der Waals surface area contributed by atoms with Crippen molar-refractivity contribution in [3.8, 4) is 5.75 Å². The van der Waals surface area contributed by atoms with Gasteiger partial charge in [0.05, 0.1) is 5.71 Å². The first-order chi connectivity index (χ1) is 13.6. The smallest absolute Gasteiger partial charge is 0.277 e. The maximum Gasteiger partial charge on any atom is 0.277 e. The van der Waals surface area contributed by atoms with Crippen molar-refractivity contribution in [3.05, 3.63) is 77.9 Å². The van der Waals surface area contributed by atoms with Crippen LogP contribution in [0.2, 0.25) is 0 Å². The quantitative estimate of drug-likeness (QED) is 0.452. The van der Waals surface area contributed by atoms with E-state index in [1.807, 2.05) is 49.4 Å². The Bertz CT molecular complexity index is 977. The number of hydrogen-bond donors (Lipinski definition) is 1. The molecule has 0 aliphatic rings. The molecule has 0 spiro atoms. The van der Waals surface area contributed by atoms with E-state index in [4.69, 9.17) is 4.74 Å². The molecule has 0 heterocycles. The number of nitrogens with one attached hydrogen (secondary N) is 1. The van der Waals surface area contributed by atoms with Crippen LogP contribution in [0.15, 0.2) is 71.8 Å². The van der Waals surface area contributed by atoms with Crippen molar-refractivity contribution in [1.29, 1.82) is 0 Å². The Hall–Kier alpha value is -3.14. The summed E-state index contributed by atoms with van der Waals surface area (Å²) in [5, 5.41) is 6.52. The highest BCUT2D eigenvalue weighted by molar-refractivity contribution is 6.02. The highest BCUT2D eigenvalue weighted by Crippen LogP contribution is 2.21. The molecule has 144 valence electrons.